The highest BCUT2D eigenvalue weighted by Crippen LogP contribution is 2.42. The number of aryl methyl sites for hydroxylation is 4. The molecule has 8 aromatic carbocycles. The van der Waals surface area contributed by atoms with E-state index in [0.29, 0.717) is 0 Å². The van der Waals surface area contributed by atoms with Gasteiger partial charge in [0.15, 0.2) is 0 Å². The molecule has 0 aliphatic heterocycles. The lowest BCUT2D eigenvalue weighted by Crippen LogP contribution is -1.94. The number of hydrogen-bond acceptors (Lipinski definition) is 1. The van der Waals surface area contributed by atoms with Crippen molar-refractivity contribution in [2.24, 2.45) is 0 Å². The first-order valence-corrected chi connectivity index (χ1v) is 19.9. The minimum Gasteiger partial charge on any atom is -0.309 e. The second-order valence-electron chi connectivity index (χ2n) is 15.2. The molecule has 0 saturated carbocycles. The molecule has 3 aromatic heterocycles. The van der Waals surface area contributed by atoms with Crippen LogP contribution in [0, 0.1) is 27.7 Å². The third kappa shape index (κ3) is 4.79. The van der Waals surface area contributed by atoms with Gasteiger partial charge in [0.25, 0.3) is 0 Å². The predicted molar refractivity (Wildman–Crippen MR) is 238 cm³/mol. The Morgan fingerprint density at radius 1 is 0.327 bits per heavy atom. The van der Waals surface area contributed by atoms with Crippen molar-refractivity contribution < 1.29 is 0 Å². The fraction of sp³-hybridized carbons (Fsp3) is 0.0769. The molecule has 0 spiro atoms. The van der Waals surface area contributed by atoms with Crippen LogP contribution >= 0.6 is 11.3 Å². The highest BCUT2D eigenvalue weighted by Gasteiger charge is 2.18. The summed E-state index contributed by atoms with van der Waals surface area (Å²) in [6.45, 7) is 8.86. The van der Waals surface area contributed by atoms with Crippen LogP contribution in [0.1, 0.15) is 22.3 Å². The molecule has 262 valence electrons. The molecule has 0 aliphatic carbocycles. The number of benzene rings is 8. The van der Waals surface area contributed by atoms with Crippen LogP contribution in [0.2, 0.25) is 0 Å². The minimum atomic E-state index is 1.18. The van der Waals surface area contributed by atoms with Gasteiger partial charge < -0.3 is 9.13 Å². The molecule has 0 aliphatic rings. The van der Waals surface area contributed by atoms with E-state index < -0.39 is 0 Å². The first-order chi connectivity index (χ1) is 26.9. The van der Waals surface area contributed by atoms with E-state index in [2.05, 4.69) is 195 Å². The Morgan fingerprint density at radius 3 is 1.16 bits per heavy atom. The van der Waals surface area contributed by atoms with E-state index in [1.165, 1.54) is 120 Å². The van der Waals surface area contributed by atoms with E-state index in [9.17, 15) is 0 Å². The first kappa shape index (κ1) is 32.0. The average molecular weight is 723 g/mol. The molecule has 11 aromatic rings. The zero-order chi connectivity index (χ0) is 36.9. The van der Waals surface area contributed by atoms with E-state index in [4.69, 9.17) is 0 Å². The van der Waals surface area contributed by atoms with Gasteiger partial charge in [0, 0.05) is 53.1 Å². The lowest BCUT2D eigenvalue weighted by atomic mass is 9.95. The van der Waals surface area contributed by atoms with Gasteiger partial charge in [0.2, 0.25) is 0 Å². The number of fused-ring (bicyclic) bond motifs is 9. The van der Waals surface area contributed by atoms with E-state index in [0.717, 1.165) is 0 Å². The molecule has 2 nitrogen and oxygen atoms in total. The molecular formula is C52H38N2S. The summed E-state index contributed by atoms with van der Waals surface area (Å²) in [6.07, 6.45) is 0. The zero-order valence-corrected chi connectivity index (χ0v) is 32.1. The quantitative estimate of drug-likeness (QED) is 0.171. The average Bonchev–Trinajstić information content (AvgIpc) is 3.84. The third-order valence-corrected chi connectivity index (χ3v) is 13.0. The number of rotatable bonds is 4. The maximum absolute atomic E-state index is 2.45. The van der Waals surface area contributed by atoms with Gasteiger partial charge in [-0.25, -0.2) is 0 Å². The van der Waals surface area contributed by atoms with E-state index in [-0.39, 0.29) is 0 Å². The van der Waals surface area contributed by atoms with Crippen LogP contribution < -0.4 is 0 Å². The summed E-state index contributed by atoms with van der Waals surface area (Å²) in [5.41, 5.74) is 17.7. The summed E-state index contributed by atoms with van der Waals surface area (Å²) in [4.78, 5) is 0. The van der Waals surface area contributed by atoms with Crippen molar-refractivity contribution in [1.29, 1.82) is 0 Å². The van der Waals surface area contributed by atoms with Crippen LogP contribution in [0.5, 0.6) is 0 Å². The van der Waals surface area contributed by atoms with Crippen LogP contribution in [0.3, 0.4) is 0 Å². The maximum atomic E-state index is 2.45. The predicted octanol–water partition coefficient (Wildman–Crippen LogP) is 14.8. The minimum absolute atomic E-state index is 1.18. The molecule has 0 radical (unpaired) electrons. The molecule has 0 fully saturated rings. The van der Waals surface area contributed by atoms with Crippen molar-refractivity contribution in [2.45, 2.75) is 27.7 Å². The summed E-state index contributed by atoms with van der Waals surface area (Å²) < 4.78 is 7.50. The summed E-state index contributed by atoms with van der Waals surface area (Å²) in [7, 11) is 0. The molecular weight excluding hydrogens is 685 g/mol. The van der Waals surface area contributed by atoms with Crippen LogP contribution in [-0.2, 0) is 0 Å². The SMILES string of the molecule is Cc1cccc(C)c1-c1ccc2c(c1)c1ccccc1n2-c1ccc2sc3ccc(-n4c5ccccc5c5cc(-c6c(C)cccc6C)ccc54)cc3c2c1. The van der Waals surface area contributed by atoms with Crippen molar-refractivity contribution in [2.75, 3.05) is 0 Å². The van der Waals surface area contributed by atoms with Crippen molar-refractivity contribution in [3.8, 4) is 33.6 Å². The van der Waals surface area contributed by atoms with Crippen molar-refractivity contribution in [3.63, 3.8) is 0 Å². The Balaban J connectivity index is 1.09. The lowest BCUT2D eigenvalue weighted by molar-refractivity contribution is 1.18. The van der Waals surface area contributed by atoms with Gasteiger partial charge in [0.1, 0.15) is 0 Å². The monoisotopic (exact) mass is 722 g/mol. The smallest absolute Gasteiger partial charge is 0.0541 e. The number of nitrogens with zero attached hydrogens (tertiary/aromatic N) is 2. The summed E-state index contributed by atoms with van der Waals surface area (Å²) >= 11 is 1.87. The van der Waals surface area contributed by atoms with Crippen LogP contribution in [0.4, 0.5) is 0 Å². The zero-order valence-electron chi connectivity index (χ0n) is 31.3. The van der Waals surface area contributed by atoms with Crippen LogP contribution in [-0.4, -0.2) is 9.13 Å². The molecule has 3 heterocycles. The largest absolute Gasteiger partial charge is 0.309 e. The number of hydrogen-bond donors (Lipinski definition) is 0. The molecule has 0 N–H and O–H groups in total. The van der Waals surface area contributed by atoms with Gasteiger partial charge in [-0.05, 0) is 145 Å². The Kier molecular flexibility index (Phi) is 7.02. The second-order valence-corrected chi connectivity index (χ2v) is 16.2. The van der Waals surface area contributed by atoms with Gasteiger partial charge in [-0.15, -0.1) is 11.3 Å². The fourth-order valence-corrected chi connectivity index (χ4v) is 10.5. The van der Waals surface area contributed by atoms with E-state index >= 15 is 0 Å². The van der Waals surface area contributed by atoms with E-state index in [1.807, 2.05) is 11.3 Å². The fourth-order valence-electron chi connectivity index (χ4n) is 9.38. The summed E-state index contributed by atoms with van der Waals surface area (Å²) in [5.74, 6) is 0. The Hall–Kier alpha value is -6.42. The highest BCUT2D eigenvalue weighted by molar-refractivity contribution is 7.25. The summed E-state index contributed by atoms with van der Waals surface area (Å²) in [6, 6.07) is 58.9. The van der Waals surface area contributed by atoms with Gasteiger partial charge in [-0.3, -0.25) is 0 Å². The number of thiophene rings is 1. The van der Waals surface area contributed by atoms with Crippen molar-refractivity contribution >= 4 is 75.1 Å². The lowest BCUT2D eigenvalue weighted by Gasteiger charge is -2.12. The van der Waals surface area contributed by atoms with Crippen molar-refractivity contribution in [1.82, 2.24) is 9.13 Å². The molecule has 3 heteroatoms. The van der Waals surface area contributed by atoms with E-state index in [1.54, 1.807) is 0 Å². The van der Waals surface area contributed by atoms with Crippen molar-refractivity contribution in [3.05, 3.63) is 180 Å². The van der Waals surface area contributed by atoms with Gasteiger partial charge in [-0.2, -0.15) is 0 Å². The topological polar surface area (TPSA) is 9.86 Å². The van der Waals surface area contributed by atoms with Crippen LogP contribution in [0.25, 0.3) is 97.4 Å². The van der Waals surface area contributed by atoms with Gasteiger partial charge in [0.05, 0.1) is 22.1 Å². The molecule has 0 unspecified atom stereocenters. The first-order valence-electron chi connectivity index (χ1n) is 19.1. The molecule has 11 rings (SSSR count). The van der Waals surface area contributed by atoms with Gasteiger partial charge in [-0.1, -0.05) is 84.9 Å². The molecule has 55 heavy (non-hydrogen) atoms. The van der Waals surface area contributed by atoms with Crippen LogP contribution in [0.15, 0.2) is 158 Å². The second kappa shape index (κ2) is 12.0. The third-order valence-electron chi connectivity index (χ3n) is 11.8. The highest BCUT2D eigenvalue weighted by atomic mass is 32.1. The molecule has 0 saturated heterocycles. The standard InChI is InChI=1S/C52H38N2S/c1-31-11-9-12-32(2)51(31)35-19-23-47-41(27-35)39-15-5-7-17-45(39)53(47)37-21-25-49-43(29-37)44-30-38(22-26-50(44)55-49)54-46-18-8-6-16-40(46)42-28-36(20-24-48(42)54)52-33(3)13-10-14-34(52)4/h5-30H,1-4H3. The Labute approximate surface area is 324 Å². The Morgan fingerprint density at radius 2 is 0.727 bits per heavy atom. The summed E-state index contributed by atoms with van der Waals surface area (Å²) in [5, 5.41) is 7.68. The Bertz CT molecular complexity index is 3100. The molecule has 0 atom stereocenters. The molecule has 0 amide bonds. The van der Waals surface area contributed by atoms with Gasteiger partial charge >= 0.3 is 0 Å². The maximum Gasteiger partial charge on any atom is 0.0541 e. The normalized spacial score (nSPS) is 12.0. The number of para-hydroxylation sites is 2. The molecule has 0 bridgehead atoms. The number of aromatic nitrogens is 2.